The van der Waals surface area contributed by atoms with E-state index in [0.717, 1.165) is 0 Å². The van der Waals surface area contributed by atoms with Crippen LogP contribution < -0.4 is 11.5 Å². The Labute approximate surface area is 61.1 Å². The molecular weight excluding hydrogens is 126 g/mol. The van der Waals surface area contributed by atoms with Gasteiger partial charge in [-0.1, -0.05) is 6.58 Å². The van der Waals surface area contributed by atoms with Crippen LogP contribution in [0.4, 0.5) is 0 Å². The molecule has 56 valence electrons. The zero-order valence-electron chi connectivity index (χ0n) is 6.39. The predicted molar refractivity (Wildman–Crippen MR) is 44.4 cm³/mol. The molecule has 0 bridgehead atoms. The van der Waals surface area contributed by atoms with Crippen molar-refractivity contribution in [3.8, 4) is 0 Å². The minimum atomic E-state index is 0.528. The van der Waals surface area contributed by atoms with Crippen molar-refractivity contribution in [3.05, 3.63) is 24.2 Å². The Hall–Kier alpha value is -1.25. The Morgan fingerprint density at radius 2 is 1.90 bits per heavy atom. The van der Waals surface area contributed by atoms with E-state index < -0.39 is 0 Å². The molecule has 0 aromatic carbocycles. The van der Waals surface area contributed by atoms with Crippen molar-refractivity contribution >= 4 is 5.71 Å². The third kappa shape index (κ3) is 2.35. The van der Waals surface area contributed by atoms with Crippen molar-refractivity contribution in [3.63, 3.8) is 0 Å². The molecule has 0 aromatic rings. The van der Waals surface area contributed by atoms with Gasteiger partial charge >= 0.3 is 0 Å². The molecule has 0 rings (SSSR count). The zero-order chi connectivity index (χ0) is 8.15. The second-order valence-electron chi connectivity index (χ2n) is 1.99. The van der Waals surface area contributed by atoms with E-state index in [1.54, 1.807) is 13.8 Å². The number of nitrogens with two attached hydrogens (primary N) is 2. The van der Waals surface area contributed by atoms with Crippen LogP contribution >= 0.6 is 0 Å². The molecule has 3 heteroatoms. The first-order valence-electron chi connectivity index (χ1n) is 2.97. The van der Waals surface area contributed by atoms with Crippen molar-refractivity contribution in [2.24, 2.45) is 16.5 Å². The maximum atomic E-state index is 5.52. The topological polar surface area (TPSA) is 64.4 Å². The predicted octanol–water partition coefficient (Wildman–Crippen LogP) is 0.740. The summed E-state index contributed by atoms with van der Waals surface area (Å²) < 4.78 is 0. The first-order chi connectivity index (χ1) is 4.59. The highest BCUT2D eigenvalue weighted by Gasteiger charge is 1.95. The molecule has 0 saturated heterocycles. The Morgan fingerprint density at radius 1 is 1.40 bits per heavy atom. The van der Waals surface area contributed by atoms with Gasteiger partial charge < -0.3 is 11.5 Å². The standard InChI is InChI=1S/C7H13N3/c1-4-10-6(3)7(9)5(2)8/h4H,1,8-9H2,2-3H3/b7-5+,10-6?. The summed E-state index contributed by atoms with van der Waals surface area (Å²) in [6.45, 7) is 6.95. The van der Waals surface area contributed by atoms with Crippen LogP contribution in [0.2, 0.25) is 0 Å². The highest BCUT2D eigenvalue weighted by atomic mass is 14.8. The average Bonchev–Trinajstić information content (AvgIpc) is 1.87. The summed E-state index contributed by atoms with van der Waals surface area (Å²) in [6.07, 6.45) is 1.44. The SMILES string of the molecule is C=CN=C(C)/C(N)=C(/C)N. The van der Waals surface area contributed by atoms with Gasteiger partial charge in [-0.3, -0.25) is 4.99 Å². The maximum absolute atomic E-state index is 5.52. The summed E-state index contributed by atoms with van der Waals surface area (Å²) in [5.41, 5.74) is 12.7. The molecule has 0 radical (unpaired) electrons. The van der Waals surface area contributed by atoms with E-state index >= 15 is 0 Å². The third-order valence-corrected chi connectivity index (χ3v) is 1.10. The summed E-state index contributed by atoms with van der Waals surface area (Å²) in [5.74, 6) is 0. The molecule has 0 saturated carbocycles. The molecule has 0 fully saturated rings. The van der Waals surface area contributed by atoms with Gasteiger partial charge in [0.05, 0.1) is 11.4 Å². The molecular formula is C7H13N3. The Kier molecular flexibility index (Phi) is 3.25. The third-order valence-electron chi connectivity index (χ3n) is 1.10. The smallest absolute Gasteiger partial charge is 0.0717 e. The van der Waals surface area contributed by atoms with E-state index in [1.165, 1.54) is 6.20 Å². The monoisotopic (exact) mass is 139 g/mol. The lowest BCUT2D eigenvalue weighted by Gasteiger charge is -2.00. The summed E-state index contributed by atoms with van der Waals surface area (Å²) in [6, 6.07) is 0. The minimum absolute atomic E-state index is 0.528. The van der Waals surface area contributed by atoms with E-state index in [1.807, 2.05) is 0 Å². The molecule has 0 aromatic heterocycles. The van der Waals surface area contributed by atoms with Gasteiger partial charge in [0.15, 0.2) is 0 Å². The Bertz CT molecular complexity index is 185. The van der Waals surface area contributed by atoms with E-state index in [9.17, 15) is 0 Å². The van der Waals surface area contributed by atoms with Gasteiger partial charge in [0.2, 0.25) is 0 Å². The summed E-state index contributed by atoms with van der Waals surface area (Å²) in [7, 11) is 0. The molecule has 0 unspecified atom stereocenters. The number of aliphatic imine (C=N–C) groups is 1. The minimum Gasteiger partial charge on any atom is -0.401 e. The van der Waals surface area contributed by atoms with Crippen molar-refractivity contribution < 1.29 is 0 Å². The second-order valence-corrected chi connectivity index (χ2v) is 1.99. The van der Waals surface area contributed by atoms with Crippen LogP contribution in [0.5, 0.6) is 0 Å². The fourth-order valence-corrected chi connectivity index (χ4v) is 0.492. The molecule has 0 atom stereocenters. The van der Waals surface area contributed by atoms with Crippen LogP contribution in [-0.2, 0) is 0 Å². The van der Waals surface area contributed by atoms with Crippen LogP contribution in [-0.4, -0.2) is 5.71 Å². The summed E-state index contributed by atoms with van der Waals surface area (Å²) in [4.78, 5) is 3.86. The van der Waals surface area contributed by atoms with Crippen molar-refractivity contribution in [1.82, 2.24) is 0 Å². The van der Waals surface area contributed by atoms with Crippen molar-refractivity contribution in [1.29, 1.82) is 0 Å². The van der Waals surface area contributed by atoms with Gasteiger partial charge in [-0.25, -0.2) is 0 Å². The zero-order valence-corrected chi connectivity index (χ0v) is 6.39. The fourth-order valence-electron chi connectivity index (χ4n) is 0.492. The van der Waals surface area contributed by atoms with Crippen LogP contribution in [0.1, 0.15) is 13.8 Å². The van der Waals surface area contributed by atoms with E-state index in [0.29, 0.717) is 17.1 Å². The summed E-state index contributed by atoms with van der Waals surface area (Å²) >= 11 is 0. The molecule has 0 aliphatic carbocycles. The molecule has 0 aliphatic rings. The molecule has 0 amide bonds. The number of hydrogen-bond acceptors (Lipinski definition) is 3. The lowest BCUT2D eigenvalue weighted by Crippen LogP contribution is -2.13. The van der Waals surface area contributed by atoms with Gasteiger partial charge in [-0.15, -0.1) is 0 Å². The quantitative estimate of drug-likeness (QED) is 0.554. The molecule has 0 aliphatic heterocycles. The van der Waals surface area contributed by atoms with Crippen LogP contribution in [0.25, 0.3) is 0 Å². The molecule has 3 nitrogen and oxygen atoms in total. The van der Waals surface area contributed by atoms with Gasteiger partial charge in [0.1, 0.15) is 0 Å². The van der Waals surface area contributed by atoms with Gasteiger partial charge in [0.25, 0.3) is 0 Å². The van der Waals surface area contributed by atoms with E-state index in [4.69, 9.17) is 11.5 Å². The lowest BCUT2D eigenvalue weighted by atomic mass is 10.2. The van der Waals surface area contributed by atoms with Crippen LogP contribution in [0, 0.1) is 0 Å². The summed E-state index contributed by atoms with van der Waals surface area (Å²) in [5, 5.41) is 0. The fraction of sp³-hybridized carbons (Fsp3) is 0.286. The Morgan fingerprint density at radius 3 is 2.20 bits per heavy atom. The second kappa shape index (κ2) is 3.71. The highest BCUT2D eigenvalue weighted by molar-refractivity contribution is 5.98. The van der Waals surface area contributed by atoms with Gasteiger partial charge in [-0.2, -0.15) is 0 Å². The van der Waals surface area contributed by atoms with Gasteiger partial charge in [-0.05, 0) is 13.8 Å². The van der Waals surface area contributed by atoms with E-state index in [-0.39, 0.29) is 0 Å². The number of rotatable bonds is 2. The van der Waals surface area contributed by atoms with Gasteiger partial charge in [0, 0.05) is 11.9 Å². The molecule has 4 N–H and O–H groups in total. The normalized spacial score (nSPS) is 14.4. The number of allylic oxidation sites excluding steroid dienone is 2. The molecule has 10 heavy (non-hydrogen) atoms. The first-order valence-corrected chi connectivity index (χ1v) is 2.97. The average molecular weight is 139 g/mol. The Balaban J connectivity index is 4.51. The van der Waals surface area contributed by atoms with E-state index in [2.05, 4.69) is 11.6 Å². The van der Waals surface area contributed by atoms with Crippen LogP contribution in [0.15, 0.2) is 29.2 Å². The first kappa shape index (κ1) is 8.75. The number of hydrogen-bond donors (Lipinski definition) is 2. The van der Waals surface area contributed by atoms with Crippen molar-refractivity contribution in [2.75, 3.05) is 0 Å². The highest BCUT2D eigenvalue weighted by Crippen LogP contribution is 1.93. The number of nitrogens with zero attached hydrogens (tertiary/aromatic N) is 1. The molecule has 0 spiro atoms. The molecule has 0 heterocycles. The van der Waals surface area contributed by atoms with Crippen LogP contribution in [0.3, 0.4) is 0 Å². The van der Waals surface area contributed by atoms with Crippen molar-refractivity contribution in [2.45, 2.75) is 13.8 Å². The largest absolute Gasteiger partial charge is 0.401 e. The lowest BCUT2D eigenvalue weighted by molar-refractivity contribution is 1.22. The maximum Gasteiger partial charge on any atom is 0.0717 e.